The van der Waals surface area contributed by atoms with Gasteiger partial charge in [0, 0.05) is 15.2 Å². The number of hydrogen-bond donors (Lipinski definition) is 1. The van der Waals surface area contributed by atoms with Crippen LogP contribution in [0.1, 0.15) is 5.56 Å². The van der Waals surface area contributed by atoms with Gasteiger partial charge in [0.2, 0.25) is 5.91 Å². The van der Waals surface area contributed by atoms with Gasteiger partial charge in [0.25, 0.3) is 0 Å². The second kappa shape index (κ2) is 6.03. The Morgan fingerprint density at radius 2 is 1.78 bits per heavy atom. The lowest BCUT2D eigenvalue weighted by Gasteiger charge is -2.06. The summed E-state index contributed by atoms with van der Waals surface area (Å²) in [5.74, 6) is -0.0783. The van der Waals surface area contributed by atoms with Crippen molar-refractivity contribution < 1.29 is 4.79 Å². The van der Waals surface area contributed by atoms with Gasteiger partial charge in [-0.2, -0.15) is 0 Å². The quantitative estimate of drug-likeness (QED) is 0.897. The zero-order valence-corrected chi connectivity index (χ0v) is 11.8. The van der Waals surface area contributed by atoms with Gasteiger partial charge in [-0.1, -0.05) is 45.7 Å². The molecule has 0 spiro atoms. The molecule has 0 unspecified atom stereocenters. The van der Waals surface area contributed by atoms with E-state index in [0.717, 1.165) is 15.7 Å². The van der Waals surface area contributed by atoms with Crippen LogP contribution in [0.15, 0.2) is 53.0 Å². The monoisotopic (exact) mass is 323 g/mol. The summed E-state index contributed by atoms with van der Waals surface area (Å²) in [7, 11) is 0. The summed E-state index contributed by atoms with van der Waals surface area (Å²) in [6.07, 6.45) is 0.274. The van der Waals surface area contributed by atoms with E-state index >= 15 is 0 Å². The van der Waals surface area contributed by atoms with Crippen LogP contribution in [0.4, 0.5) is 5.69 Å². The molecule has 92 valence electrons. The van der Waals surface area contributed by atoms with E-state index in [9.17, 15) is 4.79 Å². The molecule has 0 aliphatic rings. The van der Waals surface area contributed by atoms with Gasteiger partial charge in [-0.05, 0) is 35.9 Å². The van der Waals surface area contributed by atoms with E-state index in [-0.39, 0.29) is 12.3 Å². The first-order chi connectivity index (χ1) is 8.65. The Morgan fingerprint density at radius 1 is 1.11 bits per heavy atom. The fourth-order valence-electron chi connectivity index (χ4n) is 1.55. The predicted octanol–water partition coefficient (Wildman–Crippen LogP) is 4.28. The number of anilines is 1. The minimum Gasteiger partial charge on any atom is -0.326 e. The molecule has 0 radical (unpaired) electrons. The summed E-state index contributed by atoms with van der Waals surface area (Å²) in [5.41, 5.74) is 1.60. The Hall–Kier alpha value is -1.32. The molecule has 2 nitrogen and oxygen atoms in total. The molecule has 0 heterocycles. The largest absolute Gasteiger partial charge is 0.326 e. The second-order valence-corrected chi connectivity index (χ2v) is 5.15. The molecule has 1 amide bonds. The third-order valence-corrected chi connectivity index (χ3v) is 3.33. The van der Waals surface area contributed by atoms with E-state index in [0.29, 0.717) is 5.02 Å². The Balaban J connectivity index is 2.01. The van der Waals surface area contributed by atoms with Gasteiger partial charge in [0.05, 0.1) is 6.42 Å². The predicted molar refractivity (Wildman–Crippen MR) is 77.9 cm³/mol. The summed E-state index contributed by atoms with van der Waals surface area (Å²) < 4.78 is 0.978. The first-order valence-corrected chi connectivity index (χ1v) is 6.61. The zero-order chi connectivity index (χ0) is 13.0. The van der Waals surface area contributed by atoms with Gasteiger partial charge in [0.15, 0.2) is 0 Å². The zero-order valence-electron chi connectivity index (χ0n) is 9.49. The number of amides is 1. The van der Waals surface area contributed by atoms with E-state index in [1.54, 1.807) is 6.07 Å². The standard InChI is InChI=1S/C14H11BrClNO/c15-11-5-7-12(8-6-11)17-14(18)9-10-3-1-2-4-13(10)16/h1-8H,9H2,(H,17,18). The fraction of sp³-hybridized carbons (Fsp3) is 0.0714. The van der Waals surface area contributed by atoms with Crippen molar-refractivity contribution in [2.75, 3.05) is 5.32 Å². The molecule has 0 saturated carbocycles. The third-order valence-electron chi connectivity index (χ3n) is 2.44. The SMILES string of the molecule is O=C(Cc1ccccc1Cl)Nc1ccc(Br)cc1. The summed E-state index contributed by atoms with van der Waals surface area (Å²) in [6.45, 7) is 0. The first-order valence-electron chi connectivity index (χ1n) is 5.44. The molecular formula is C14H11BrClNO. The van der Waals surface area contributed by atoms with Gasteiger partial charge in [-0.25, -0.2) is 0 Å². The Kier molecular flexibility index (Phi) is 4.39. The molecule has 4 heteroatoms. The maximum atomic E-state index is 11.8. The van der Waals surface area contributed by atoms with Crippen molar-refractivity contribution >= 4 is 39.1 Å². The summed E-state index contributed by atoms with van der Waals surface area (Å²) in [6, 6.07) is 14.8. The number of rotatable bonds is 3. The molecule has 0 aliphatic heterocycles. The van der Waals surface area contributed by atoms with Gasteiger partial charge >= 0.3 is 0 Å². The molecule has 2 rings (SSSR count). The van der Waals surface area contributed by atoms with Crippen LogP contribution in [-0.4, -0.2) is 5.91 Å². The van der Waals surface area contributed by atoms with Crippen molar-refractivity contribution in [2.45, 2.75) is 6.42 Å². The molecule has 1 N–H and O–H groups in total. The van der Waals surface area contributed by atoms with Crippen molar-refractivity contribution in [1.29, 1.82) is 0 Å². The molecule has 0 aliphatic carbocycles. The number of hydrogen-bond acceptors (Lipinski definition) is 1. The van der Waals surface area contributed by atoms with Crippen LogP contribution >= 0.6 is 27.5 Å². The normalized spacial score (nSPS) is 10.1. The van der Waals surface area contributed by atoms with E-state index in [4.69, 9.17) is 11.6 Å². The van der Waals surface area contributed by atoms with E-state index in [1.807, 2.05) is 42.5 Å². The smallest absolute Gasteiger partial charge is 0.228 e. The van der Waals surface area contributed by atoms with Crippen LogP contribution in [-0.2, 0) is 11.2 Å². The van der Waals surface area contributed by atoms with Gasteiger partial charge < -0.3 is 5.32 Å². The Morgan fingerprint density at radius 3 is 2.44 bits per heavy atom. The highest BCUT2D eigenvalue weighted by Gasteiger charge is 2.06. The van der Waals surface area contributed by atoms with Crippen molar-refractivity contribution in [2.24, 2.45) is 0 Å². The minimum atomic E-state index is -0.0783. The first kappa shape index (κ1) is 13.1. The van der Waals surface area contributed by atoms with Crippen LogP contribution in [0.5, 0.6) is 0 Å². The van der Waals surface area contributed by atoms with Gasteiger partial charge in [-0.15, -0.1) is 0 Å². The second-order valence-electron chi connectivity index (χ2n) is 3.82. The van der Waals surface area contributed by atoms with Gasteiger partial charge in [-0.3, -0.25) is 4.79 Å². The van der Waals surface area contributed by atoms with Crippen molar-refractivity contribution in [1.82, 2.24) is 0 Å². The summed E-state index contributed by atoms with van der Waals surface area (Å²) in [4.78, 5) is 11.8. The summed E-state index contributed by atoms with van der Waals surface area (Å²) in [5, 5.41) is 3.44. The number of nitrogens with one attached hydrogen (secondary N) is 1. The van der Waals surface area contributed by atoms with E-state index in [1.165, 1.54) is 0 Å². The highest BCUT2D eigenvalue weighted by Crippen LogP contribution is 2.17. The molecule has 18 heavy (non-hydrogen) atoms. The lowest BCUT2D eigenvalue weighted by Crippen LogP contribution is -2.14. The van der Waals surface area contributed by atoms with Crippen LogP contribution in [0, 0.1) is 0 Å². The maximum Gasteiger partial charge on any atom is 0.228 e. The van der Waals surface area contributed by atoms with Crippen LogP contribution in [0.2, 0.25) is 5.02 Å². The molecular weight excluding hydrogens is 314 g/mol. The minimum absolute atomic E-state index is 0.0783. The topological polar surface area (TPSA) is 29.1 Å². The van der Waals surface area contributed by atoms with Crippen molar-refractivity contribution in [3.8, 4) is 0 Å². The molecule has 2 aromatic rings. The third kappa shape index (κ3) is 3.59. The lowest BCUT2D eigenvalue weighted by atomic mass is 10.1. The molecule has 0 fully saturated rings. The maximum absolute atomic E-state index is 11.8. The number of benzene rings is 2. The van der Waals surface area contributed by atoms with Crippen LogP contribution in [0.3, 0.4) is 0 Å². The van der Waals surface area contributed by atoms with Crippen molar-refractivity contribution in [3.63, 3.8) is 0 Å². The van der Waals surface area contributed by atoms with Crippen LogP contribution < -0.4 is 5.32 Å². The highest BCUT2D eigenvalue weighted by atomic mass is 79.9. The molecule has 2 aromatic carbocycles. The molecule has 0 bridgehead atoms. The molecule has 0 aromatic heterocycles. The summed E-state index contributed by atoms with van der Waals surface area (Å²) >= 11 is 9.35. The van der Waals surface area contributed by atoms with E-state index in [2.05, 4.69) is 21.2 Å². The van der Waals surface area contributed by atoms with Crippen molar-refractivity contribution in [3.05, 3.63) is 63.6 Å². The van der Waals surface area contributed by atoms with Gasteiger partial charge in [0.1, 0.15) is 0 Å². The highest BCUT2D eigenvalue weighted by molar-refractivity contribution is 9.10. The van der Waals surface area contributed by atoms with E-state index < -0.39 is 0 Å². The Labute approximate surface area is 119 Å². The lowest BCUT2D eigenvalue weighted by molar-refractivity contribution is -0.115. The number of carbonyl (C=O) groups excluding carboxylic acids is 1. The fourth-order valence-corrected chi connectivity index (χ4v) is 2.02. The Bertz CT molecular complexity index is 554. The average Bonchev–Trinajstić information content (AvgIpc) is 2.35. The van der Waals surface area contributed by atoms with Crippen LogP contribution in [0.25, 0.3) is 0 Å². The molecule has 0 saturated heterocycles. The molecule has 0 atom stereocenters. The number of halogens is 2. The average molecular weight is 325 g/mol. The number of carbonyl (C=O) groups is 1.